The molecule has 0 aliphatic heterocycles. The first kappa shape index (κ1) is 13.2. The molecule has 0 aromatic carbocycles. The summed E-state index contributed by atoms with van der Waals surface area (Å²) in [4.78, 5) is 0. The summed E-state index contributed by atoms with van der Waals surface area (Å²) in [6.07, 6.45) is 8.24. The highest BCUT2D eigenvalue weighted by Crippen LogP contribution is 2.08. The Morgan fingerprint density at radius 2 is 2.00 bits per heavy atom. The van der Waals surface area contributed by atoms with E-state index in [4.69, 9.17) is 0 Å². The molecule has 0 amide bonds. The molecule has 0 heterocycles. The zero-order valence-corrected chi connectivity index (χ0v) is 9.59. The topological polar surface area (TPSA) is 20.2 Å². The quantitative estimate of drug-likeness (QED) is 0.640. The van der Waals surface area contributed by atoms with Crippen molar-refractivity contribution in [3.8, 4) is 0 Å². The molecule has 80 valence electrons. The number of aliphatic hydroxyl groups is 1. The van der Waals surface area contributed by atoms with Crippen LogP contribution >= 0.6 is 0 Å². The van der Waals surface area contributed by atoms with Gasteiger partial charge in [0.25, 0.3) is 0 Å². The van der Waals surface area contributed by atoms with Gasteiger partial charge in [-0.1, -0.05) is 29.4 Å². The maximum Gasteiger partial charge on any atom is 0.0757 e. The van der Waals surface area contributed by atoms with Crippen molar-refractivity contribution in [3.05, 3.63) is 36.0 Å². The normalized spacial score (nSPS) is 13.6. The van der Waals surface area contributed by atoms with Crippen LogP contribution < -0.4 is 0 Å². The zero-order chi connectivity index (χ0) is 11.0. The molecule has 0 aromatic rings. The summed E-state index contributed by atoms with van der Waals surface area (Å²) < 4.78 is 0. The minimum atomic E-state index is -0.362. The standard InChI is InChI=1S/C13H22O/c1-5-7-13(14)10-12(4)9-6-8-11(2)3/h5,8,10,13-14H,1,6-7,9H2,2-4H3/b12-10+/t13-/m1/s1. The molecule has 0 aliphatic carbocycles. The number of allylic oxidation sites excluding steroid dienone is 3. The fourth-order valence-corrected chi connectivity index (χ4v) is 1.24. The summed E-state index contributed by atoms with van der Waals surface area (Å²) in [5.74, 6) is 0. The van der Waals surface area contributed by atoms with Crippen molar-refractivity contribution < 1.29 is 5.11 Å². The summed E-state index contributed by atoms with van der Waals surface area (Å²) >= 11 is 0. The molecule has 0 saturated carbocycles. The van der Waals surface area contributed by atoms with E-state index >= 15 is 0 Å². The summed E-state index contributed by atoms with van der Waals surface area (Å²) in [6, 6.07) is 0. The Labute approximate surface area is 87.8 Å². The third-order valence-corrected chi connectivity index (χ3v) is 1.98. The van der Waals surface area contributed by atoms with Crippen LogP contribution in [0.1, 0.15) is 40.0 Å². The molecule has 0 aromatic heterocycles. The van der Waals surface area contributed by atoms with E-state index in [9.17, 15) is 5.11 Å². The van der Waals surface area contributed by atoms with Crippen LogP contribution in [-0.4, -0.2) is 11.2 Å². The van der Waals surface area contributed by atoms with Crippen LogP contribution in [0.25, 0.3) is 0 Å². The Bertz CT molecular complexity index is 219. The van der Waals surface area contributed by atoms with Crippen LogP contribution in [0.5, 0.6) is 0 Å². The van der Waals surface area contributed by atoms with Crippen molar-refractivity contribution in [1.82, 2.24) is 0 Å². The van der Waals surface area contributed by atoms with Gasteiger partial charge in [0.2, 0.25) is 0 Å². The second-order valence-corrected chi connectivity index (χ2v) is 3.92. The molecule has 14 heavy (non-hydrogen) atoms. The maximum atomic E-state index is 9.47. The highest BCUT2D eigenvalue weighted by Gasteiger charge is 1.97. The van der Waals surface area contributed by atoms with Crippen molar-refractivity contribution in [2.75, 3.05) is 0 Å². The molecule has 0 rings (SSSR count). The number of hydrogen-bond acceptors (Lipinski definition) is 1. The summed E-state index contributed by atoms with van der Waals surface area (Å²) in [5.41, 5.74) is 2.60. The first-order valence-electron chi connectivity index (χ1n) is 5.16. The van der Waals surface area contributed by atoms with Crippen molar-refractivity contribution in [2.45, 2.75) is 46.1 Å². The van der Waals surface area contributed by atoms with Gasteiger partial charge >= 0.3 is 0 Å². The molecule has 0 saturated heterocycles. The first-order chi connectivity index (χ1) is 6.56. The van der Waals surface area contributed by atoms with Gasteiger partial charge in [-0.05, 0) is 40.0 Å². The minimum absolute atomic E-state index is 0.362. The van der Waals surface area contributed by atoms with Crippen LogP contribution in [-0.2, 0) is 0 Å². The Morgan fingerprint density at radius 1 is 1.36 bits per heavy atom. The van der Waals surface area contributed by atoms with Crippen LogP contribution in [0.2, 0.25) is 0 Å². The van der Waals surface area contributed by atoms with Gasteiger partial charge in [0, 0.05) is 0 Å². The van der Waals surface area contributed by atoms with E-state index in [1.54, 1.807) is 6.08 Å². The number of rotatable bonds is 6. The largest absolute Gasteiger partial charge is 0.389 e. The third-order valence-electron chi connectivity index (χ3n) is 1.98. The van der Waals surface area contributed by atoms with Gasteiger partial charge < -0.3 is 5.11 Å². The minimum Gasteiger partial charge on any atom is -0.389 e. The number of aliphatic hydroxyl groups excluding tert-OH is 1. The lowest BCUT2D eigenvalue weighted by molar-refractivity contribution is 0.226. The van der Waals surface area contributed by atoms with Gasteiger partial charge in [0.1, 0.15) is 0 Å². The molecule has 1 N–H and O–H groups in total. The molecular formula is C13H22O. The zero-order valence-electron chi connectivity index (χ0n) is 9.59. The van der Waals surface area contributed by atoms with Crippen LogP contribution in [0.4, 0.5) is 0 Å². The molecule has 0 fully saturated rings. The van der Waals surface area contributed by atoms with E-state index < -0.39 is 0 Å². The van der Waals surface area contributed by atoms with E-state index in [-0.39, 0.29) is 6.10 Å². The monoisotopic (exact) mass is 194 g/mol. The lowest BCUT2D eigenvalue weighted by Gasteiger charge is -2.04. The Hall–Kier alpha value is -0.820. The Kier molecular flexibility index (Phi) is 7.13. The van der Waals surface area contributed by atoms with Crippen molar-refractivity contribution in [1.29, 1.82) is 0 Å². The predicted molar refractivity (Wildman–Crippen MR) is 63.2 cm³/mol. The molecule has 0 unspecified atom stereocenters. The molecular weight excluding hydrogens is 172 g/mol. The van der Waals surface area contributed by atoms with Crippen LogP contribution in [0.15, 0.2) is 36.0 Å². The Morgan fingerprint density at radius 3 is 2.50 bits per heavy atom. The van der Waals surface area contributed by atoms with E-state index in [1.807, 2.05) is 6.08 Å². The molecule has 0 spiro atoms. The number of hydrogen-bond donors (Lipinski definition) is 1. The van der Waals surface area contributed by atoms with E-state index in [0.29, 0.717) is 6.42 Å². The van der Waals surface area contributed by atoms with Crippen molar-refractivity contribution in [3.63, 3.8) is 0 Å². The molecule has 1 nitrogen and oxygen atoms in total. The fraction of sp³-hybridized carbons (Fsp3) is 0.538. The van der Waals surface area contributed by atoms with E-state index in [1.165, 1.54) is 11.1 Å². The van der Waals surface area contributed by atoms with Gasteiger partial charge in [-0.3, -0.25) is 0 Å². The van der Waals surface area contributed by atoms with Crippen LogP contribution in [0.3, 0.4) is 0 Å². The molecule has 0 radical (unpaired) electrons. The fourth-order valence-electron chi connectivity index (χ4n) is 1.24. The SMILES string of the molecule is C=CC[C@@H](O)/C=C(\C)CCC=C(C)C. The highest BCUT2D eigenvalue weighted by atomic mass is 16.3. The van der Waals surface area contributed by atoms with Crippen LogP contribution in [0, 0.1) is 0 Å². The smallest absolute Gasteiger partial charge is 0.0757 e. The maximum absolute atomic E-state index is 9.47. The summed E-state index contributed by atoms with van der Waals surface area (Å²) in [7, 11) is 0. The van der Waals surface area contributed by atoms with Crippen molar-refractivity contribution in [2.24, 2.45) is 0 Å². The molecule has 0 bridgehead atoms. The highest BCUT2D eigenvalue weighted by molar-refractivity contribution is 5.05. The third kappa shape index (κ3) is 7.81. The van der Waals surface area contributed by atoms with Crippen molar-refractivity contribution >= 4 is 0 Å². The van der Waals surface area contributed by atoms with Gasteiger partial charge in [-0.2, -0.15) is 0 Å². The lowest BCUT2D eigenvalue weighted by atomic mass is 10.1. The molecule has 0 aliphatic rings. The van der Waals surface area contributed by atoms with E-state index in [2.05, 4.69) is 33.4 Å². The molecule has 1 atom stereocenters. The summed E-state index contributed by atoms with van der Waals surface area (Å²) in [6.45, 7) is 9.86. The second-order valence-electron chi connectivity index (χ2n) is 3.92. The molecule has 1 heteroatoms. The summed E-state index contributed by atoms with van der Waals surface area (Å²) in [5, 5.41) is 9.47. The van der Waals surface area contributed by atoms with E-state index in [0.717, 1.165) is 12.8 Å². The van der Waals surface area contributed by atoms with Gasteiger partial charge in [-0.25, -0.2) is 0 Å². The van der Waals surface area contributed by atoms with Gasteiger partial charge in [0.05, 0.1) is 6.10 Å². The first-order valence-corrected chi connectivity index (χ1v) is 5.16. The lowest BCUT2D eigenvalue weighted by Crippen LogP contribution is -2.00. The van der Waals surface area contributed by atoms with Gasteiger partial charge in [-0.15, -0.1) is 6.58 Å². The predicted octanol–water partition coefficient (Wildman–Crippen LogP) is 3.62. The van der Waals surface area contributed by atoms with Gasteiger partial charge in [0.15, 0.2) is 0 Å². The average molecular weight is 194 g/mol. The Balaban J connectivity index is 3.88. The average Bonchev–Trinajstić information content (AvgIpc) is 2.03. The second kappa shape index (κ2) is 7.57.